The normalized spacial score (nSPS) is 47.0. The standard InChI is InChI=1S/C7H9Cl2NO2/c8-3-1-4-6(5(9)2-3)12-10-7(4)11/h3-6H,1-2H2,(H,10,11). The van der Waals surface area contributed by atoms with E-state index >= 15 is 0 Å². The largest absolute Gasteiger partial charge is 0.272 e. The highest BCUT2D eigenvalue weighted by atomic mass is 35.5. The Bertz CT molecular complexity index is 212. The van der Waals surface area contributed by atoms with Crippen molar-refractivity contribution in [3.63, 3.8) is 0 Å². The summed E-state index contributed by atoms with van der Waals surface area (Å²) in [5.74, 6) is -0.236. The maximum Gasteiger partial charge on any atom is 0.249 e. The molecule has 0 aromatic carbocycles. The molecule has 1 N–H and O–H groups in total. The molecule has 0 aromatic rings. The van der Waals surface area contributed by atoms with Gasteiger partial charge in [0.1, 0.15) is 6.10 Å². The van der Waals surface area contributed by atoms with E-state index in [1.54, 1.807) is 0 Å². The number of alkyl halides is 2. The van der Waals surface area contributed by atoms with Crippen molar-refractivity contribution in [3.05, 3.63) is 0 Å². The maximum absolute atomic E-state index is 11.1. The van der Waals surface area contributed by atoms with Gasteiger partial charge in [-0.05, 0) is 12.8 Å². The first kappa shape index (κ1) is 8.60. The van der Waals surface area contributed by atoms with Crippen LogP contribution in [0.2, 0.25) is 0 Å². The fourth-order valence-electron chi connectivity index (χ4n) is 1.75. The van der Waals surface area contributed by atoms with Gasteiger partial charge < -0.3 is 0 Å². The lowest BCUT2D eigenvalue weighted by Crippen LogP contribution is -2.38. The summed E-state index contributed by atoms with van der Waals surface area (Å²) in [5.41, 5.74) is 2.33. The number of carbonyl (C=O) groups is 1. The number of hydroxylamine groups is 1. The third-order valence-electron chi connectivity index (χ3n) is 2.38. The first-order valence-electron chi connectivity index (χ1n) is 3.92. The Morgan fingerprint density at radius 1 is 1.42 bits per heavy atom. The summed E-state index contributed by atoms with van der Waals surface area (Å²) < 4.78 is 0. The highest BCUT2D eigenvalue weighted by Crippen LogP contribution is 2.35. The van der Waals surface area contributed by atoms with Crippen molar-refractivity contribution in [2.75, 3.05) is 0 Å². The average Bonchev–Trinajstić information content (AvgIpc) is 2.33. The molecular weight excluding hydrogens is 201 g/mol. The first-order valence-corrected chi connectivity index (χ1v) is 4.79. The van der Waals surface area contributed by atoms with Gasteiger partial charge in [-0.15, -0.1) is 23.2 Å². The van der Waals surface area contributed by atoms with Gasteiger partial charge >= 0.3 is 0 Å². The minimum atomic E-state index is -0.186. The zero-order valence-electron chi connectivity index (χ0n) is 6.30. The van der Waals surface area contributed by atoms with Crippen LogP contribution in [0, 0.1) is 5.92 Å². The van der Waals surface area contributed by atoms with Crippen molar-refractivity contribution in [1.82, 2.24) is 5.48 Å². The molecule has 4 atom stereocenters. The zero-order chi connectivity index (χ0) is 8.72. The minimum absolute atomic E-state index is 0.00111. The molecule has 2 fully saturated rings. The molecule has 1 heterocycles. The van der Waals surface area contributed by atoms with E-state index in [-0.39, 0.29) is 28.7 Å². The Morgan fingerprint density at radius 3 is 2.92 bits per heavy atom. The van der Waals surface area contributed by atoms with Crippen molar-refractivity contribution in [2.45, 2.75) is 29.7 Å². The summed E-state index contributed by atoms with van der Waals surface area (Å²) in [4.78, 5) is 16.2. The van der Waals surface area contributed by atoms with E-state index in [9.17, 15) is 4.79 Å². The van der Waals surface area contributed by atoms with Gasteiger partial charge in [-0.3, -0.25) is 9.63 Å². The van der Waals surface area contributed by atoms with Crippen LogP contribution >= 0.6 is 23.2 Å². The quantitative estimate of drug-likeness (QED) is 0.606. The van der Waals surface area contributed by atoms with Gasteiger partial charge in [0.05, 0.1) is 11.3 Å². The van der Waals surface area contributed by atoms with Gasteiger partial charge in [-0.2, -0.15) is 0 Å². The summed E-state index contributed by atoms with van der Waals surface area (Å²) in [5, 5.41) is -0.147. The summed E-state index contributed by atoms with van der Waals surface area (Å²) >= 11 is 11.9. The van der Waals surface area contributed by atoms with E-state index in [2.05, 4.69) is 5.48 Å². The van der Waals surface area contributed by atoms with Crippen molar-refractivity contribution < 1.29 is 9.63 Å². The third-order valence-corrected chi connectivity index (χ3v) is 3.16. The second kappa shape index (κ2) is 3.05. The molecule has 0 bridgehead atoms. The van der Waals surface area contributed by atoms with Gasteiger partial charge in [0, 0.05) is 5.38 Å². The smallest absolute Gasteiger partial charge is 0.249 e. The van der Waals surface area contributed by atoms with E-state index in [1.807, 2.05) is 0 Å². The lowest BCUT2D eigenvalue weighted by molar-refractivity contribution is -0.126. The highest BCUT2D eigenvalue weighted by Gasteiger charge is 2.45. The molecule has 0 radical (unpaired) electrons. The summed E-state index contributed by atoms with van der Waals surface area (Å²) in [6, 6.07) is 0. The number of nitrogens with one attached hydrogen (secondary N) is 1. The molecule has 1 amide bonds. The van der Waals surface area contributed by atoms with Crippen LogP contribution in [0.4, 0.5) is 0 Å². The van der Waals surface area contributed by atoms with E-state index in [0.29, 0.717) is 12.8 Å². The fraction of sp³-hybridized carbons (Fsp3) is 0.857. The lowest BCUT2D eigenvalue weighted by Gasteiger charge is -2.28. The van der Waals surface area contributed by atoms with Crippen LogP contribution < -0.4 is 5.48 Å². The topological polar surface area (TPSA) is 38.3 Å². The van der Waals surface area contributed by atoms with E-state index in [1.165, 1.54) is 0 Å². The highest BCUT2D eigenvalue weighted by molar-refractivity contribution is 6.24. The lowest BCUT2D eigenvalue weighted by atomic mass is 9.86. The van der Waals surface area contributed by atoms with Gasteiger partial charge in [0.2, 0.25) is 5.91 Å². The molecule has 12 heavy (non-hydrogen) atoms. The van der Waals surface area contributed by atoms with E-state index < -0.39 is 0 Å². The third kappa shape index (κ3) is 1.30. The van der Waals surface area contributed by atoms with E-state index in [4.69, 9.17) is 28.0 Å². The average molecular weight is 210 g/mol. The first-order chi connectivity index (χ1) is 5.68. The fourth-order valence-corrected chi connectivity index (χ4v) is 2.67. The SMILES string of the molecule is O=C1NOC2C(Cl)CC(Cl)CC12. The van der Waals surface area contributed by atoms with Crippen LogP contribution in [0.3, 0.4) is 0 Å². The zero-order valence-corrected chi connectivity index (χ0v) is 7.81. The molecule has 68 valence electrons. The maximum atomic E-state index is 11.1. The van der Waals surface area contributed by atoms with Crippen molar-refractivity contribution >= 4 is 29.1 Å². The predicted octanol–water partition coefficient (Wildman–Crippen LogP) is 1.04. The Balaban J connectivity index is 2.14. The summed E-state index contributed by atoms with van der Waals surface area (Å²) in [7, 11) is 0. The van der Waals surface area contributed by atoms with Crippen molar-refractivity contribution in [2.24, 2.45) is 5.92 Å². The predicted molar refractivity (Wildman–Crippen MR) is 45.0 cm³/mol. The molecule has 5 heteroatoms. The Labute approximate surface area is 80.3 Å². The molecular formula is C7H9Cl2NO2. The molecule has 1 aliphatic carbocycles. The Kier molecular flexibility index (Phi) is 2.19. The minimum Gasteiger partial charge on any atom is -0.272 e. The number of rotatable bonds is 0. The van der Waals surface area contributed by atoms with Crippen LogP contribution in [-0.4, -0.2) is 22.8 Å². The van der Waals surface area contributed by atoms with Crippen LogP contribution in [0.25, 0.3) is 0 Å². The molecule has 0 spiro atoms. The van der Waals surface area contributed by atoms with Crippen molar-refractivity contribution in [1.29, 1.82) is 0 Å². The van der Waals surface area contributed by atoms with Gasteiger partial charge in [-0.1, -0.05) is 0 Å². The number of carbonyl (C=O) groups excluding carboxylic acids is 1. The summed E-state index contributed by atoms with van der Waals surface area (Å²) in [6.07, 6.45) is 1.19. The molecule has 1 saturated carbocycles. The summed E-state index contributed by atoms with van der Waals surface area (Å²) in [6.45, 7) is 0. The van der Waals surface area contributed by atoms with Gasteiger partial charge in [0.25, 0.3) is 0 Å². The van der Waals surface area contributed by atoms with Crippen LogP contribution in [-0.2, 0) is 9.63 Å². The second-order valence-corrected chi connectivity index (χ2v) is 4.42. The number of halogens is 2. The monoisotopic (exact) mass is 209 g/mol. The molecule has 1 aliphatic heterocycles. The number of fused-ring (bicyclic) bond motifs is 1. The van der Waals surface area contributed by atoms with Crippen LogP contribution in [0.15, 0.2) is 0 Å². The Morgan fingerprint density at radius 2 is 2.17 bits per heavy atom. The molecule has 0 aromatic heterocycles. The van der Waals surface area contributed by atoms with Crippen LogP contribution in [0.5, 0.6) is 0 Å². The van der Waals surface area contributed by atoms with Gasteiger partial charge in [-0.25, -0.2) is 5.48 Å². The molecule has 2 aliphatic rings. The van der Waals surface area contributed by atoms with Crippen LogP contribution in [0.1, 0.15) is 12.8 Å². The van der Waals surface area contributed by atoms with Crippen molar-refractivity contribution in [3.8, 4) is 0 Å². The molecule has 1 saturated heterocycles. The number of amides is 1. The second-order valence-electron chi connectivity index (χ2n) is 3.24. The number of hydrogen-bond donors (Lipinski definition) is 1. The number of hydrogen-bond acceptors (Lipinski definition) is 2. The Hall–Kier alpha value is 0.01000. The molecule has 2 rings (SSSR count). The molecule has 4 unspecified atom stereocenters. The van der Waals surface area contributed by atoms with Gasteiger partial charge in [0.15, 0.2) is 0 Å². The molecule has 3 nitrogen and oxygen atoms in total. The van der Waals surface area contributed by atoms with E-state index in [0.717, 1.165) is 0 Å².